The number of esters is 1. The van der Waals surface area contributed by atoms with E-state index in [1.807, 2.05) is 45.0 Å². The summed E-state index contributed by atoms with van der Waals surface area (Å²) in [6.07, 6.45) is 2.06. The molecule has 0 saturated heterocycles. The van der Waals surface area contributed by atoms with Gasteiger partial charge >= 0.3 is 24.2 Å². The number of nitrogens with two attached hydrogens (primary N) is 1. The predicted octanol–water partition coefficient (Wildman–Crippen LogP) is 8.89. The number of guanidine groups is 1. The lowest BCUT2D eigenvalue weighted by atomic mass is 9.88. The van der Waals surface area contributed by atoms with Gasteiger partial charge in [-0.2, -0.15) is 0 Å². The van der Waals surface area contributed by atoms with E-state index < -0.39 is 74.5 Å². The van der Waals surface area contributed by atoms with E-state index in [1.165, 1.54) is 9.80 Å². The fourth-order valence-corrected chi connectivity index (χ4v) is 12.1. The van der Waals surface area contributed by atoms with E-state index in [-0.39, 0.29) is 114 Å². The van der Waals surface area contributed by atoms with Crippen LogP contribution in [0.15, 0.2) is 58.4 Å². The average molecular weight is 1270 g/mol. The molecule has 0 aromatic heterocycles. The Morgan fingerprint density at radius 2 is 1.26 bits per heavy atom. The van der Waals surface area contributed by atoms with Crippen molar-refractivity contribution in [2.75, 3.05) is 59.0 Å². The second kappa shape index (κ2) is 32.4. The standard InChI is InChI=1S/C66H99N9O14S/c1-43-44(2)57(45(3)46-31-33-66(13,14)87-56(43)46)90(83,84)73-59(67)70-35-22-29-52(58(79)69-36-23-38-74(61(81)88-64(7,8)9)39-24-40-75(62(82)89-65(10,11)12)41-55(78)86-63(4,5)6)72-54(77)32-37-68-53(76)30-16-15-21-34-71-60(80)85-42-51-49-27-19-17-25-47(49)48-26-18-20-28-50(48)51/h17-20,25-28,51-52H,15-16,21-24,29-42H2,1-14H3,(H,68,76)(H,69,79)(H,71,80)(H,72,77)(H3,67,70,73)/t52-/m0/s1. The molecule has 6 amide bonds. The SMILES string of the molecule is Cc1c(C)c(S(=O)(=O)NC(N)=NCCC[C@H](NC(=O)CCNC(=O)CCCCCNC(=O)OCC2c3ccccc3-c3ccccc32)C(=O)NCCCN(CCCN(CC(=O)OC(C)(C)C)C(=O)OC(C)(C)C)C(=O)OC(C)(C)C)c(C)c2c1OC(C)(C)CC2. The number of carbonyl (C=O) groups excluding carboxylic acids is 7. The summed E-state index contributed by atoms with van der Waals surface area (Å²) in [4.78, 5) is 99.5. The molecule has 0 bridgehead atoms. The number of carbonyl (C=O) groups is 7. The maximum absolute atomic E-state index is 13.9. The summed E-state index contributed by atoms with van der Waals surface area (Å²) in [6.45, 7) is 25.3. The molecule has 90 heavy (non-hydrogen) atoms. The Hall–Kier alpha value is -7.63. The van der Waals surface area contributed by atoms with Gasteiger partial charge in [0, 0.05) is 64.6 Å². The van der Waals surface area contributed by atoms with Gasteiger partial charge in [0.25, 0.3) is 10.0 Å². The first kappa shape index (κ1) is 73.1. The zero-order valence-electron chi connectivity index (χ0n) is 55.5. The third-order valence-electron chi connectivity index (χ3n) is 14.9. The van der Waals surface area contributed by atoms with Gasteiger partial charge in [0.2, 0.25) is 23.7 Å². The number of alkyl carbamates (subject to hydrolysis) is 1. The minimum absolute atomic E-state index is 0.00590. The minimum Gasteiger partial charge on any atom is -0.487 e. The van der Waals surface area contributed by atoms with Crippen molar-refractivity contribution in [1.82, 2.24) is 35.8 Å². The van der Waals surface area contributed by atoms with Crippen molar-refractivity contribution < 1.29 is 65.7 Å². The lowest BCUT2D eigenvalue weighted by Crippen LogP contribution is -2.48. The van der Waals surface area contributed by atoms with E-state index in [2.05, 4.69) is 55.2 Å². The number of unbranched alkanes of at least 4 members (excludes halogenated alkanes) is 2. The van der Waals surface area contributed by atoms with Crippen LogP contribution in [0.1, 0.15) is 180 Å². The van der Waals surface area contributed by atoms with Gasteiger partial charge in [-0.3, -0.25) is 29.1 Å². The molecule has 5 rings (SSSR count). The van der Waals surface area contributed by atoms with Crippen LogP contribution in [0.2, 0.25) is 0 Å². The summed E-state index contributed by atoms with van der Waals surface area (Å²) in [5.74, 6) is -1.67. The molecule has 1 aliphatic carbocycles. The van der Waals surface area contributed by atoms with E-state index in [0.717, 1.165) is 33.4 Å². The lowest BCUT2D eigenvalue weighted by Gasteiger charge is -2.35. The van der Waals surface area contributed by atoms with Gasteiger partial charge in [0.1, 0.15) is 47.3 Å². The van der Waals surface area contributed by atoms with E-state index in [0.29, 0.717) is 55.5 Å². The highest BCUT2D eigenvalue weighted by atomic mass is 32.2. The summed E-state index contributed by atoms with van der Waals surface area (Å²) < 4.78 is 58.9. The van der Waals surface area contributed by atoms with Crippen LogP contribution in [-0.4, -0.2) is 154 Å². The Labute approximate surface area is 532 Å². The molecule has 1 aliphatic heterocycles. The van der Waals surface area contributed by atoms with Gasteiger partial charge in [0.05, 0.1) is 4.90 Å². The van der Waals surface area contributed by atoms with Crippen LogP contribution in [0.25, 0.3) is 11.1 Å². The van der Waals surface area contributed by atoms with Crippen molar-refractivity contribution in [3.8, 4) is 16.9 Å². The quantitative estimate of drug-likeness (QED) is 0.0124. The van der Waals surface area contributed by atoms with Crippen molar-refractivity contribution >= 4 is 58.0 Å². The third kappa shape index (κ3) is 23.3. The number of amides is 6. The highest BCUT2D eigenvalue weighted by Gasteiger charge is 2.35. The molecule has 24 heteroatoms. The van der Waals surface area contributed by atoms with Crippen LogP contribution in [0.4, 0.5) is 14.4 Å². The van der Waals surface area contributed by atoms with Crippen molar-refractivity contribution in [1.29, 1.82) is 0 Å². The van der Waals surface area contributed by atoms with E-state index in [4.69, 9.17) is 29.4 Å². The van der Waals surface area contributed by atoms with Crippen LogP contribution in [-0.2, 0) is 54.6 Å². The molecule has 0 saturated carbocycles. The second-order valence-corrected chi connectivity index (χ2v) is 28.2. The molecule has 2 aliphatic rings. The Balaban J connectivity index is 1.14. The zero-order valence-corrected chi connectivity index (χ0v) is 56.3. The second-order valence-electron chi connectivity index (χ2n) is 26.6. The summed E-state index contributed by atoms with van der Waals surface area (Å²) in [7, 11) is -4.20. The molecule has 0 spiro atoms. The Bertz CT molecular complexity index is 3120. The largest absolute Gasteiger partial charge is 0.487 e. The average Bonchev–Trinajstić information content (AvgIpc) is 1.09. The Morgan fingerprint density at radius 1 is 0.678 bits per heavy atom. The lowest BCUT2D eigenvalue weighted by molar-refractivity contribution is -0.156. The summed E-state index contributed by atoms with van der Waals surface area (Å²) in [6, 6.07) is 15.1. The number of fused-ring (bicyclic) bond motifs is 4. The Morgan fingerprint density at radius 3 is 1.88 bits per heavy atom. The number of aliphatic imine (C=N–C) groups is 1. The van der Waals surface area contributed by atoms with Crippen LogP contribution in [0.5, 0.6) is 5.75 Å². The number of hydrogen-bond donors (Lipinski definition) is 6. The van der Waals surface area contributed by atoms with Gasteiger partial charge in [0.15, 0.2) is 0 Å². The first-order valence-corrected chi connectivity index (χ1v) is 32.8. The highest BCUT2D eigenvalue weighted by molar-refractivity contribution is 7.90. The van der Waals surface area contributed by atoms with Gasteiger partial charge in [-0.1, -0.05) is 55.0 Å². The van der Waals surface area contributed by atoms with Gasteiger partial charge in [-0.05, 0) is 193 Å². The summed E-state index contributed by atoms with van der Waals surface area (Å²) in [5.41, 5.74) is 10.5. The number of sulfonamides is 1. The van der Waals surface area contributed by atoms with Gasteiger partial charge < -0.3 is 55.6 Å². The number of ether oxygens (including phenoxy) is 5. The molecule has 1 heterocycles. The molecule has 3 aromatic carbocycles. The third-order valence-corrected chi connectivity index (χ3v) is 16.6. The van der Waals surface area contributed by atoms with E-state index in [1.54, 1.807) is 76.2 Å². The molecule has 0 fully saturated rings. The molecule has 1 atom stereocenters. The van der Waals surface area contributed by atoms with Gasteiger partial charge in [-0.25, -0.2) is 27.5 Å². The highest BCUT2D eigenvalue weighted by Crippen LogP contribution is 2.45. The van der Waals surface area contributed by atoms with Crippen molar-refractivity contribution in [3.63, 3.8) is 0 Å². The van der Waals surface area contributed by atoms with E-state index in [9.17, 15) is 42.0 Å². The number of nitrogens with one attached hydrogen (secondary N) is 5. The molecular weight excluding hydrogens is 1170 g/mol. The molecular formula is C66H99N9O14S. The van der Waals surface area contributed by atoms with Crippen LogP contribution in [0, 0.1) is 20.8 Å². The normalized spacial score (nSPS) is 14.1. The molecule has 0 unspecified atom stereocenters. The maximum atomic E-state index is 13.9. The first-order chi connectivity index (χ1) is 42.0. The van der Waals surface area contributed by atoms with Crippen molar-refractivity contribution in [3.05, 3.63) is 81.9 Å². The van der Waals surface area contributed by atoms with E-state index >= 15 is 0 Å². The summed E-state index contributed by atoms with van der Waals surface area (Å²) in [5, 5.41) is 11.2. The van der Waals surface area contributed by atoms with Crippen molar-refractivity contribution in [2.45, 2.75) is 207 Å². The van der Waals surface area contributed by atoms with Crippen LogP contribution >= 0.6 is 0 Å². The molecule has 7 N–H and O–H groups in total. The fraction of sp³-hybridized carbons (Fsp3) is 0.606. The van der Waals surface area contributed by atoms with Gasteiger partial charge in [-0.15, -0.1) is 0 Å². The smallest absolute Gasteiger partial charge is 0.410 e. The number of benzene rings is 3. The number of hydrogen-bond acceptors (Lipinski definition) is 15. The van der Waals surface area contributed by atoms with Crippen LogP contribution in [0.3, 0.4) is 0 Å². The molecule has 3 aromatic rings. The molecule has 498 valence electrons. The number of rotatable bonds is 29. The molecule has 0 radical (unpaired) electrons. The first-order valence-electron chi connectivity index (χ1n) is 31.3. The zero-order chi connectivity index (χ0) is 66.8. The molecule has 23 nitrogen and oxygen atoms in total. The maximum Gasteiger partial charge on any atom is 0.410 e. The minimum atomic E-state index is -4.20. The van der Waals surface area contributed by atoms with Crippen LogP contribution < -0.4 is 36.5 Å². The van der Waals surface area contributed by atoms with Crippen molar-refractivity contribution in [2.24, 2.45) is 10.7 Å². The monoisotopic (exact) mass is 1270 g/mol. The fourth-order valence-electron chi connectivity index (χ4n) is 10.6. The predicted molar refractivity (Wildman–Crippen MR) is 345 cm³/mol. The Kier molecular flexibility index (Phi) is 26.3. The number of nitrogens with zero attached hydrogens (tertiary/aromatic N) is 3. The topological polar surface area (TPSA) is 305 Å². The summed E-state index contributed by atoms with van der Waals surface area (Å²) >= 11 is 0.